The Morgan fingerprint density at radius 3 is 2.23 bits per heavy atom. The van der Waals surface area contributed by atoms with Crippen LogP contribution in [0.4, 0.5) is 13.2 Å². The summed E-state index contributed by atoms with van der Waals surface area (Å²) in [4.78, 5) is 0. The molecule has 170 valence electrons. The van der Waals surface area contributed by atoms with Gasteiger partial charge in [0.15, 0.2) is 0 Å². The van der Waals surface area contributed by atoms with Crippen LogP contribution in [0.2, 0.25) is 0 Å². The van der Waals surface area contributed by atoms with Gasteiger partial charge < -0.3 is 19.7 Å². The van der Waals surface area contributed by atoms with Crippen molar-refractivity contribution in [3.8, 4) is 11.5 Å². The number of halogens is 3. The van der Waals surface area contributed by atoms with Crippen molar-refractivity contribution >= 4 is 5.57 Å². The van der Waals surface area contributed by atoms with E-state index in [9.17, 15) is 23.4 Å². The van der Waals surface area contributed by atoms with Crippen molar-refractivity contribution in [2.45, 2.75) is 32.0 Å². The van der Waals surface area contributed by atoms with E-state index >= 15 is 0 Å². The first-order valence-corrected chi connectivity index (χ1v) is 10.2. The number of ether oxygens (including phenoxy) is 2. The van der Waals surface area contributed by atoms with Gasteiger partial charge in [0.1, 0.15) is 11.5 Å². The van der Waals surface area contributed by atoms with Crippen molar-refractivity contribution in [1.82, 2.24) is 0 Å². The molecule has 0 saturated heterocycles. The second kappa shape index (κ2) is 12.4. The Morgan fingerprint density at radius 1 is 1.06 bits per heavy atom. The molecule has 1 fully saturated rings. The Morgan fingerprint density at radius 2 is 1.71 bits per heavy atom. The van der Waals surface area contributed by atoms with E-state index in [4.69, 9.17) is 4.74 Å². The van der Waals surface area contributed by atoms with Crippen molar-refractivity contribution < 1.29 is 32.9 Å². The van der Waals surface area contributed by atoms with Gasteiger partial charge in [-0.1, -0.05) is 48.9 Å². The molecule has 0 aromatic heterocycles. The first kappa shape index (κ1) is 24.8. The molecule has 2 aromatic rings. The lowest BCUT2D eigenvalue weighted by Gasteiger charge is -2.26. The van der Waals surface area contributed by atoms with Gasteiger partial charge >= 0.3 is 6.36 Å². The fourth-order valence-electron chi connectivity index (χ4n) is 3.68. The molecule has 2 atom stereocenters. The SMILES string of the molecule is COc1ccc(OC(F)(F)F)cc1/C(=C/C1CCCC(CO)C1)CO.c1ccccc1. The van der Waals surface area contributed by atoms with Crippen LogP contribution >= 0.6 is 0 Å². The van der Waals surface area contributed by atoms with Gasteiger partial charge in [-0.3, -0.25) is 0 Å². The monoisotopic (exact) mass is 438 g/mol. The molecule has 0 heterocycles. The summed E-state index contributed by atoms with van der Waals surface area (Å²) in [6, 6.07) is 15.8. The minimum absolute atomic E-state index is 0.122. The third-order valence-corrected chi connectivity index (χ3v) is 5.11. The summed E-state index contributed by atoms with van der Waals surface area (Å²) in [5, 5.41) is 19.1. The van der Waals surface area contributed by atoms with E-state index in [0.29, 0.717) is 16.9 Å². The maximum atomic E-state index is 12.5. The van der Waals surface area contributed by atoms with Gasteiger partial charge in [0.2, 0.25) is 0 Å². The maximum absolute atomic E-state index is 12.5. The zero-order valence-corrected chi connectivity index (χ0v) is 17.5. The number of methoxy groups -OCH3 is 1. The van der Waals surface area contributed by atoms with E-state index < -0.39 is 6.36 Å². The molecule has 1 aliphatic rings. The number of alkyl halides is 3. The van der Waals surface area contributed by atoms with Crippen molar-refractivity contribution in [1.29, 1.82) is 0 Å². The molecule has 4 nitrogen and oxygen atoms in total. The molecular weight excluding hydrogens is 409 g/mol. The number of rotatable bonds is 6. The molecule has 31 heavy (non-hydrogen) atoms. The quantitative estimate of drug-likeness (QED) is 0.629. The smallest absolute Gasteiger partial charge is 0.496 e. The lowest BCUT2D eigenvalue weighted by Crippen LogP contribution is -2.18. The molecule has 7 heteroatoms. The highest BCUT2D eigenvalue weighted by molar-refractivity contribution is 5.72. The van der Waals surface area contributed by atoms with E-state index in [0.717, 1.165) is 25.7 Å². The predicted molar refractivity (Wildman–Crippen MR) is 114 cm³/mol. The molecule has 0 aliphatic heterocycles. The average Bonchev–Trinajstić information content (AvgIpc) is 2.78. The molecule has 2 N–H and O–H groups in total. The Balaban J connectivity index is 0.000000488. The summed E-state index contributed by atoms with van der Waals surface area (Å²) in [7, 11) is 1.42. The molecule has 0 amide bonds. The summed E-state index contributed by atoms with van der Waals surface area (Å²) in [6.07, 6.45) is 0.735. The highest BCUT2D eigenvalue weighted by atomic mass is 19.4. The summed E-state index contributed by atoms with van der Waals surface area (Å²) in [5.41, 5.74) is 0.867. The zero-order valence-electron chi connectivity index (χ0n) is 17.5. The van der Waals surface area contributed by atoms with Gasteiger partial charge in [-0.25, -0.2) is 0 Å². The summed E-state index contributed by atoms with van der Waals surface area (Å²) in [6.45, 7) is -0.205. The maximum Gasteiger partial charge on any atom is 0.573 e. The van der Waals surface area contributed by atoms with Crippen molar-refractivity contribution in [3.63, 3.8) is 0 Å². The Hall–Kier alpha value is -2.51. The normalized spacial score (nSPS) is 19.2. The lowest BCUT2D eigenvalue weighted by atomic mass is 9.80. The van der Waals surface area contributed by atoms with E-state index in [2.05, 4.69) is 4.74 Å². The summed E-state index contributed by atoms with van der Waals surface area (Å²) in [5.74, 6) is 0.380. The van der Waals surface area contributed by atoms with Crippen LogP contribution in [0.1, 0.15) is 31.2 Å². The van der Waals surface area contributed by atoms with Gasteiger partial charge in [0.25, 0.3) is 0 Å². The predicted octanol–water partition coefficient (Wildman–Crippen LogP) is 5.45. The molecule has 2 aromatic carbocycles. The molecule has 1 aliphatic carbocycles. The second-order valence-electron chi connectivity index (χ2n) is 7.39. The lowest BCUT2D eigenvalue weighted by molar-refractivity contribution is -0.274. The van der Waals surface area contributed by atoms with Crippen molar-refractivity contribution in [2.24, 2.45) is 11.8 Å². The van der Waals surface area contributed by atoms with Crippen LogP contribution in [0.3, 0.4) is 0 Å². The van der Waals surface area contributed by atoms with Crippen LogP contribution in [0.5, 0.6) is 11.5 Å². The number of allylic oxidation sites excluding steroid dienone is 1. The zero-order chi connectivity index (χ0) is 22.7. The standard InChI is InChI=1S/C18H23F3O4.C6H6/c1-24-17-6-5-15(25-18(19,20)21)9-16(17)14(11-23)8-12-3-2-4-13(7-12)10-22;1-2-4-6-5-3-1/h5-6,8-9,12-13,22-23H,2-4,7,10-11H2,1H3;1-6H/b14-8+;. The summed E-state index contributed by atoms with van der Waals surface area (Å²) >= 11 is 0. The number of aliphatic hydroxyl groups is 2. The van der Waals surface area contributed by atoms with Crippen molar-refractivity contribution in [2.75, 3.05) is 20.3 Å². The Labute approximate surface area is 180 Å². The minimum atomic E-state index is -4.79. The third kappa shape index (κ3) is 8.63. The fraction of sp³-hybridized carbons (Fsp3) is 0.417. The highest BCUT2D eigenvalue weighted by Crippen LogP contribution is 2.36. The fourth-order valence-corrected chi connectivity index (χ4v) is 3.68. The molecule has 0 bridgehead atoms. The molecule has 1 saturated carbocycles. The van der Waals surface area contributed by atoms with E-state index in [1.165, 1.54) is 25.3 Å². The topological polar surface area (TPSA) is 58.9 Å². The van der Waals surface area contributed by atoms with E-state index in [1.807, 2.05) is 42.5 Å². The molecule has 0 spiro atoms. The van der Waals surface area contributed by atoms with E-state index in [1.54, 1.807) is 0 Å². The van der Waals surface area contributed by atoms with Crippen molar-refractivity contribution in [3.05, 3.63) is 66.2 Å². The van der Waals surface area contributed by atoms with Gasteiger partial charge in [0.05, 0.1) is 13.7 Å². The highest BCUT2D eigenvalue weighted by Gasteiger charge is 2.31. The summed E-state index contributed by atoms with van der Waals surface area (Å²) < 4.78 is 46.5. The van der Waals surface area contributed by atoms with Crippen LogP contribution < -0.4 is 9.47 Å². The largest absolute Gasteiger partial charge is 0.573 e. The molecule has 3 rings (SSSR count). The van der Waals surface area contributed by atoms with Gasteiger partial charge in [0, 0.05) is 12.2 Å². The Bertz CT molecular complexity index is 780. The molecule has 0 radical (unpaired) electrons. The van der Waals surface area contributed by atoms with Crippen LogP contribution in [0, 0.1) is 11.8 Å². The molecular formula is C24H29F3O4. The van der Waals surface area contributed by atoms with Crippen LogP contribution in [0.25, 0.3) is 5.57 Å². The Kier molecular flexibility index (Phi) is 9.88. The number of aliphatic hydroxyl groups excluding tert-OH is 2. The van der Waals surface area contributed by atoms with Gasteiger partial charge in [-0.15, -0.1) is 13.2 Å². The van der Waals surface area contributed by atoms with Crippen LogP contribution in [-0.2, 0) is 0 Å². The minimum Gasteiger partial charge on any atom is -0.496 e. The second-order valence-corrected chi connectivity index (χ2v) is 7.39. The van der Waals surface area contributed by atoms with E-state index in [-0.39, 0.29) is 30.8 Å². The van der Waals surface area contributed by atoms with Gasteiger partial charge in [-0.05, 0) is 54.9 Å². The van der Waals surface area contributed by atoms with Crippen LogP contribution in [0.15, 0.2) is 60.7 Å². The number of benzene rings is 2. The first-order valence-electron chi connectivity index (χ1n) is 10.2. The van der Waals surface area contributed by atoms with Crippen LogP contribution in [-0.4, -0.2) is 36.9 Å². The number of hydrogen-bond acceptors (Lipinski definition) is 4. The first-order chi connectivity index (χ1) is 14.9. The number of hydrogen-bond donors (Lipinski definition) is 2. The average molecular weight is 438 g/mol. The molecule has 2 unspecified atom stereocenters. The third-order valence-electron chi connectivity index (χ3n) is 5.11. The van der Waals surface area contributed by atoms with Gasteiger partial charge in [-0.2, -0.15) is 0 Å².